The van der Waals surface area contributed by atoms with Crippen LogP contribution in [0.5, 0.6) is 5.75 Å². The van der Waals surface area contributed by atoms with Crippen LogP contribution in [0.4, 0.5) is 10.1 Å². The fourth-order valence-corrected chi connectivity index (χ4v) is 1.93. The number of methoxy groups -OCH3 is 1. The fourth-order valence-electron chi connectivity index (χ4n) is 1.93. The van der Waals surface area contributed by atoms with E-state index in [1.807, 2.05) is 6.07 Å². The number of hydrogen-bond donors (Lipinski definition) is 1. The maximum Gasteiger partial charge on any atom is 0.140 e. The number of nitriles is 2. The molecule has 0 aliphatic carbocycles. The first-order valence-electron chi connectivity index (χ1n) is 6.17. The second kappa shape index (κ2) is 6.40. The van der Waals surface area contributed by atoms with Gasteiger partial charge in [-0.15, -0.1) is 0 Å². The molecule has 104 valence electrons. The number of benzene rings is 2. The Balaban J connectivity index is 2.30. The average molecular weight is 281 g/mol. The molecule has 0 amide bonds. The summed E-state index contributed by atoms with van der Waals surface area (Å²) in [6.45, 7) is 0. The standard InChI is InChI=1S/C16H12FN3O/c1-21-16-6-5-11(7-12(16)9-18)15(10-19)20-14-4-2-3-13(17)8-14/h2-8,15,20H,1H3. The molecule has 1 N–H and O–H groups in total. The van der Waals surface area contributed by atoms with Crippen LogP contribution in [-0.2, 0) is 0 Å². The van der Waals surface area contributed by atoms with Gasteiger partial charge in [0.1, 0.15) is 23.7 Å². The molecule has 1 unspecified atom stereocenters. The highest BCUT2D eigenvalue weighted by Crippen LogP contribution is 2.25. The maximum atomic E-state index is 13.2. The molecule has 0 spiro atoms. The summed E-state index contributed by atoms with van der Waals surface area (Å²) in [5.74, 6) is 0.0628. The van der Waals surface area contributed by atoms with E-state index < -0.39 is 6.04 Å². The zero-order valence-corrected chi connectivity index (χ0v) is 11.3. The van der Waals surface area contributed by atoms with E-state index in [1.165, 1.54) is 19.2 Å². The highest BCUT2D eigenvalue weighted by molar-refractivity contribution is 5.51. The third-order valence-electron chi connectivity index (χ3n) is 2.94. The molecule has 0 aliphatic rings. The third kappa shape index (κ3) is 3.29. The monoisotopic (exact) mass is 281 g/mol. The molecule has 4 nitrogen and oxygen atoms in total. The van der Waals surface area contributed by atoms with Crippen molar-refractivity contribution >= 4 is 5.69 Å². The Morgan fingerprint density at radius 2 is 2.00 bits per heavy atom. The molecule has 0 aromatic heterocycles. The molecule has 0 radical (unpaired) electrons. The van der Waals surface area contributed by atoms with Gasteiger partial charge in [-0.05, 0) is 35.9 Å². The Kier molecular flexibility index (Phi) is 4.38. The maximum absolute atomic E-state index is 13.2. The van der Waals surface area contributed by atoms with Gasteiger partial charge in [0.25, 0.3) is 0 Å². The molecular formula is C16H12FN3O. The summed E-state index contributed by atoms with van der Waals surface area (Å²) in [5.41, 5.74) is 1.45. The third-order valence-corrected chi connectivity index (χ3v) is 2.94. The smallest absolute Gasteiger partial charge is 0.140 e. The van der Waals surface area contributed by atoms with Crippen molar-refractivity contribution in [3.63, 3.8) is 0 Å². The van der Waals surface area contributed by atoms with E-state index >= 15 is 0 Å². The number of nitrogens with one attached hydrogen (secondary N) is 1. The first-order chi connectivity index (χ1) is 10.2. The van der Waals surface area contributed by atoms with Gasteiger partial charge in [-0.3, -0.25) is 0 Å². The second-order valence-electron chi connectivity index (χ2n) is 4.29. The molecule has 2 rings (SSSR count). The van der Waals surface area contributed by atoms with Crippen molar-refractivity contribution in [2.75, 3.05) is 12.4 Å². The average Bonchev–Trinajstić information content (AvgIpc) is 2.52. The molecule has 0 saturated heterocycles. The van der Waals surface area contributed by atoms with Crippen molar-refractivity contribution in [3.8, 4) is 17.9 Å². The first kappa shape index (κ1) is 14.4. The van der Waals surface area contributed by atoms with Crippen LogP contribution >= 0.6 is 0 Å². The van der Waals surface area contributed by atoms with Crippen molar-refractivity contribution in [2.24, 2.45) is 0 Å². The van der Waals surface area contributed by atoms with Gasteiger partial charge in [0.15, 0.2) is 0 Å². The number of nitrogens with zero attached hydrogens (tertiary/aromatic N) is 2. The minimum Gasteiger partial charge on any atom is -0.495 e. The largest absolute Gasteiger partial charge is 0.495 e. The van der Waals surface area contributed by atoms with E-state index in [-0.39, 0.29) is 5.82 Å². The Labute approximate surface area is 122 Å². The Hall–Kier alpha value is -3.05. The van der Waals surface area contributed by atoms with Crippen LogP contribution in [0.2, 0.25) is 0 Å². The lowest BCUT2D eigenvalue weighted by atomic mass is 10.0. The predicted octanol–water partition coefficient (Wildman–Crippen LogP) is 3.38. The summed E-state index contributed by atoms with van der Waals surface area (Å²) in [7, 11) is 1.47. The van der Waals surface area contributed by atoms with Crippen LogP contribution in [0.1, 0.15) is 17.2 Å². The topological polar surface area (TPSA) is 68.8 Å². The van der Waals surface area contributed by atoms with Gasteiger partial charge in [0.05, 0.1) is 18.7 Å². The van der Waals surface area contributed by atoms with E-state index in [2.05, 4.69) is 11.4 Å². The predicted molar refractivity (Wildman–Crippen MR) is 76.1 cm³/mol. The SMILES string of the molecule is COc1ccc(C(C#N)Nc2cccc(F)c2)cc1C#N. The van der Waals surface area contributed by atoms with Crippen LogP contribution in [0.15, 0.2) is 42.5 Å². The number of anilines is 1. The molecule has 0 saturated carbocycles. The summed E-state index contributed by atoms with van der Waals surface area (Å²) >= 11 is 0. The van der Waals surface area contributed by atoms with E-state index in [0.717, 1.165) is 0 Å². The molecule has 0 bridgehead atoms. The minimum atomic E-state index is -0.690. The van der Waals surface area contributed by atoms with E-state index in [0.29, 0.717) is 22.6 Å². The van der Waals surface area contributed by atoms with Crippen LogP contribution in [0.3, 0.4) is 0 Å². The van der Waals surface area contributed by atoms with Crippen LogP contribution < -0.4 is 10.1 Å². The van der Waals surface area contributed by atoms with E-state index in [4.69, 9.17) is 10.00 Å². The van der Waals surface area contributed by atoms with Crippen LogP contribution in [0, 0.1) is 28.5 Å². The summed E-state index contributed by atoms with van der Waals surface area (Å²) < 4.78 is 18.2. The molecule has 2 aromatic carbocycles. The van der Waals surface area contributed by atoms with Crippen molar-refractivity contribution in [1.29, 1.82) is 10.5 Å². The van der Waals surface area contributed by atoms with Crippen molar-refractivity contribution in [2.45, 2.75) is 6.04 Å². The van der Waals surface area contributed by atoms with Crippen LogP contribution in [0.25, 0.3) is 0 Å². The zero-order chi connectivity index (χ0) is 15.2. The van der Waals surface area contributed by atoms with Gasteiger partial charge >= 0.3 is 0 Å². The van der Waals surface area contributed by atoms with E-state index in [1.54, 1.807) is 30.3 Å². The highest BCUT2D eigenvalue weighted by atomic mass is 19.1. The van der Waals surface area contributed by atoms with Crippen molar-refractivity contribution < 1.29 is 9.13 Å². The number of halogens is 1. The van der Waals surface area contributed by atoms with Gasteiger partial charge in [-0.2, -0.15) is 10.5 Å². The molecule has 5 heteroatoms. The minimum absolute atomic E-state index is 0.344. The lowest BCUT2D eigenvalue weighted by Gasteiger charge is -2.14. The lowest BCUT2D eigenvalue weighted by Crippen LogP contribution is -2.09. The molecule has 0 heterocycles. The van der Waals surface area contributed by atoms with Gasteiger partial charge in [-0.1, -0.05) is 12.1 Å². The van der Waals surface area contributed by atoms with Crippen molar-refractivity contribution in [3.05, 3.63) is 59.4 Å². The summed E-state index contributed by atoms with van der Waals surface area (Å²) in [4.78, 5) is 0. The Bertz CT molecular complexity index is 731. The zero-order valence-electron chi connectivity index (χ0n) is 11.3. The molecule has 21 heavy (non-hydrogen) atoms. The summed E-state index contributed by atoms with van der Waals surface area (Å²) in [5, 5.41) is 21.3. The molecule has 2 aromatic rings. The Morgan fingerprint density at radius 1 is 1.19 bits per heavy atom. The van der Waals surface area contributed by atoms with Gasteiger partial charge in [0, 0.05) is 5.69 Å². The summed E-state index contributed by atoms with van der Waals surface area (Å²) in [6.07, 6.45) is 0. The molecular weight excluding hydrogens is 269 g/mol. The van der Waals surface area contributed by atoms with Crippen molar-refractivity contribution in [1.82, 2.24) is 0 Å². The number of ether oxygens (including phenoxy) is 1. The fraction of sp³-hybridized carbons (Fsp3) is 0.125. The Morgan fingerprint density at radius 3 is 2.62 bits per heavy atom. The van der Waals surface area contributed by atoms with Gasteiger partial charge in [-0.25, -0.2) is 4.39 Å². The molecule has 0 aliphatic heterocycles. The normalized spacial score (nSPS) is 11.0. The lowest BCUT2D eigenvalue weighted by molar-refractivity contribution is 0.413. The number of rotatable bonds is 4. The van der Waals surface area contributed by atoms with Crippen LogP contribution in [-0.4, -0.2) is 7.11 Å². The molecule has 0 fully saturated rings. The number of hydrogen-bond acceptors (Lipinski definition) is 4. The first-order valence-corrected chi connectivity index (χ1v) is 6.17. The van der Waals surface area contributed by atoms with E-state index in [9.17, 15) is 9.65 Å². The highest BCUT2D eigenvalue weighted by Gasteiger charge is 2.13. The van der Waals surface area contributed by atoms with Gasteiger partial charge < -0.3 is 10.1 Å². The summed E-state index contributed by atoms with van der Waals surface area (Å²) in [6, 6.07) is 14.2. The van der Waals surface area contributed by atoms with Gasteiger partial charge in [0.2, 0.25) is 0 Å². The quantitative estimate of drug-likeness (QED) is 0.932. The molecule has 1 atom stereocenters. The second-order valence-corrected chi connectivity index (χ2v) is 4.29.